The number of ether oxygens (including phenoxy) is 2. The first-order valence-corrected chi connectivity index (χ1v) is 13.6. The molecular formula is C29H39N5O3. The third-order valence-corrected chi connectivity index (χ3v) is 7.78. The molecule has 2 fully saturated rings. The van der Waals surface area contributed by atoms with Gasteiger partial charge in [0.05, 0.1) is 26.9 Å². The van der Waals surface area contributed by atoms with E-state index in [4.69, 9.17) is 14.6 Å². The highest BCUT2D eigenvalue weighted by molar-refractivity contribution is 6.12. The van der Waals surface area contributed by atoms with E-state index < -0.39 is 0 Å². The fourth-order valence-electron chi connectivity index (χ4n) is 5.64. The van der Waals surface area contributed by atoms with E-state index in [-0.39, 0.29) is 5.91 Å². The van der Waals surface area contributed by atoms with Crippen molar-refractivity contribution >= 4 is 22.5 Å². The average Bonchev–Trinajstić information content (AvgIpc) is 3.33. The third-order valence-electron chi connectivity index (χ3n) is 7.78. The molecule has 198 valence electrons. The fourth-order valence-corrected chi connectivity index (χ4v) is 5.64. The number of carbonyl (C=O) groups is 1. The molecule has 3 aromatic rings. The van der Waals surface area contributed by atoms with E-state index >= 15 is 0 Å². The Bertz CT molecular complexity index is 1200. The van der Waals surface area contributed by atoms with Crippen molar-refractivity contribution in [2.75, 3.05) is 52.3 Å². The number of anilines is 1. The van der Waals surface area contributed by atoms with Crippen molar-refractivity contribution in [3.05, 3.63) is 53.7 Å². The number of amides is 1. The van der Waals surface area contributed by atoms with Crippen LogP contribution in [0.3, 0.4) is 0 Å². The van der Waals surface area contributed by atoms with Crippen molar-refractivity contribution in [3.63, 3.8) is 0 Å². The molecule has 8 nitrogen and oxygen atoms in total. The molecule has 1 saturated carbocycles. The Morgan fingerprint density at radius 1 is 1.08 bits per heavy atom. The predicted octanol–water partition coefficient (Wildman–Crippen LogP) is 4.39. The molecule has 1 amide bonds. The van der Waals surface area contributed by atoms with Gasteiger partial charge in [-0.15, -0.1) is 0 Å². The number of nitrogens with one attached hydrogen (secondary N) is 1. The number of para-hydroxylation sites is 2. The number of hydrogen-bond donors (Lipinski definition) is 1. The quantitative estimate of drug-likeness (QED) is 0.465. The molecule has 2 heterocycles. The molecule has 37 heavy (non-hydrogen) atoms. The number of rotatable bonds is 9. The van der Waals surface area contributed by atoms with Crippen LogP contribution in [0.25, 0.3) is 10.9 Å². The SMILES string of the molecule is COc1cccc2c(C(=O)Nc3ccccc3CN(C)C3CCCCC3)nn(CCN3CCOCC3)c12. The fraction of sp³-hybridized carbons (Fsp3) is 0.517. The average molecular weight is 506 g/mol. The van der Waals surface area contributed by atoms with Crippen molar-refractivity contribution in [2.24, 2.45) is 0 Å². The van der Waals surface area contributed by atoms with Gasteiger partial charge in [-0.05, 0) is 37.6 Å². The van der Waals surface area contributed by atoms with Crippen LogP contribution in [-0.4, -0.2) is 78.5 Å². The van der Waals surface area contributed by atoms with Crippen molar-refractivity contribution < 1.29 is 14.3 Å². The van der Waals surface area contributed by atoms with Gasteiger partial charge in [-0.2, -0.15) is 5.10 Å². The Kier molecular flexibility index (Phi) is 8.38. The lowest BCUT2D eigenvalue weighted by atomic mass is 9.94. The summed E-state index contributed by atoms with van der Waals surface area (Å²) in [5.41, 5.74) is 3.24. The summed E-state index contributed by atoms with van der Waals surface area (Å²) >= 11 is 0. The Morgan fingerprint density at radius 2 is 1.86 bits per heavy atom. The van der Waals surface area contributed by atoms with Crippen LogP contribution in [0.5, 0.6) is 5.75 Å². The van der Waals surface area contributed by atoms with Crippen molar-refractivity contribution in [2.45, 2.75) is 51.2 Å². The van der Waals surface area contributed by atoms with Gasteiger partial charge in [-0.3, -0.25) is 19.3 Å². The molecule has 8 heteroatoms. The summed E-state index contributed by atoms with van der Waals surface area (Å²) in [6.07, 6.45) is 6.45. The second-order valence-electron chi connectivity index (χ2n) is 10.2. The maximum Gasteiger partial charge on any atom is 0.276 e. The number of aromatic nitrogens is 2. The largest absolute Gasteiger partial charge is 0.494 e. The van der Waals surface area contributed by atoms with E-state index in [1.807, 2.05) is 41.1 Å². The van der Waals surface area contributed by atoms with Crippen molar-refractivity contribution in [1.29, 1.82) is 0 Å². The Hall–Kier alpha value is -2.94. The minimum absolute atomic E-state index is 0.198. The van der Waals surface area contributed by atoms with E-state index in [1.54, 1.807) is 7.11 Å². The monoisotopic (exact) mass is 505 g/mol. The van der Waals surface area contributed by atoms with Gasteiger partial charge in [0.1, 0.15) is 11.3 Å². The molecule has 2 aliphatic rings. The van der Waals surface area contributed by atoms with Crippen molar-refractivity contribution in [3.8, 4) is 5.75 Å². The third kappa shape index (κ3) is 5.98. The van der Waals surface area contributed by atoms with Gasteiger partial charge in [-0.25, -0.2) is 0 Å². The van der Waals surface area contributed by atoms with E-state index in [9.17, 15) is 4.79 Å². The minimum Gasteiger partial charge on any atom is -0.494 e. The molecule has 2 aromatic carbocycles. The Balaban J connectivity index is 1.37. The highest BCUT2D eigenvalue weighted by Crippen LogP contribution is 2.30. The van der Waals surface area contributed by atoms with Gasteiger partial charge < -0.3 is 14.8 Å². The summed E-state index contributed by atoms with van der Waals surface area (Å²) in [6, 6.07) is 14.5. The lowest BCUT2D eigenvalue weighted by Crippen LogP contribution is -2.38. The molecule has 0 atom stereocenters. The molecule has 1 aromatic heterocycles. The number of methoxy groups -OCH3 is 1. The van der Waals surface area contributed by atoms with E-state index in [0.29, 0.717) is 18.3 Å². The molecule has 0 unspecified atom stereocenters. The lowest BCUT2D eigenvalue weighted by Gasteiger charge is -2.31. The standard InChI is InChI=1S/C29H39N5O3/c1-32(23-10-4-3-5-11-23)21-22-9-6-7-13-25(22)30-29(35)27-24-12-8-14-26(36-2)28(24)34(31-27)16-15-33-17-19-37-20-18-33/h6-9,12-14,23H,3-5,10-11,15-21H2,1-2H3,(H,30,35). The number of benzene rings is 2. The zero-order valence-electron chi connectivity index (χ0n) is 22.1. The van der Waals surface area contributed by atoms with Gasteiger partial charge >= 0.3 is 0 Å². The van der Waals surface area contributed by atoms with Crippen LogP contribution >= 0.6 is 0 Å². The highest BCUT2D eigenvalue weighted by Gasteiger charge is 2.23. The first-order valence-electron chi connectivity index (χ1n) is 13.6. The minimum atomic E-state index is -0.198. The molecule has 0 radical (unpaired) electrons. The predicted molar refractivity (Wildman–Crippen MR) is 146 cm³/mol. The van der Waals surface area contributed by atoms with Crippen LogP contribution in [0, 0.1) is 0 Å². The normalized spacial score (nSPS) is 17.4. The van der Waals surface area contributed by atoms with Gasteiger partial charge in [0.2, 0.25) is 0 Å². The van der Waals surface area contributed by atoms with Crippen LogP contribution in [0.15, 0.2) is 42.5 Å². The molecule has 1 N–H and O–H groups in total. The molecule has 5 rings (SSSR count). The van der Waals surface area contributed by atoms with E-state index in [2.05, 4.69) is 28.2 Å². The Morgan fingerprint density at radius 3 is 2.65 bits per heavy atom. The summed E-state index contributed by atoms with van der Waals surface area (Å²) in [5.74, 6) is 0.525. The first-order chi connectivity index (χ1) is 18.1. The second kappa shape index (κ2) is 12.1. The maximum atomic E-state index is 13.6. The topological polar surface area (TPSA) is 71.9 Å². The summed E-state index contributed by atoms with van der Waals surface area (Å²) in [5, 5.41) is 8.77. The van der Waals surface area contributed by atoms with Crippen LogP contribution in [0.2, 0.25) is 0 Å². The number of fused-ring (bicyclic) bond motifs is 1. The molecule has 0 spiro atoms. The number of morpholine rings is 1. The number of hydrogen-bond acceptors (Lipinski definition) is 6. The van der Waals surface area contributed by atoms with Gasteiger partial charge in [-0.1, -0.05) is 49.6 Å². The van der Waals surface area contributed by atoms with E-state index in [0.717, 1.165) is 67.3 Å². The number of carbonyl (C=O) groups excluding carboxylic acids is 1. The number of nitrogens with zero attached hydrogens (tertiary/aromatic N) is 4. The van der Waals surface area contributed by atoms with Gasteiger partial charge in [0.15, 0.2) is 5.69 Å². The van der Waals surface area contributed by atoms with Crippen molar-refractivity contribution in [1.82, 2.24) is 19.6 Å². The smallest absolute Gasteiger partial charge is 0.276 e. The molecule has 1 aliphatic heterocycles. The zero-order valence-corrected chi connectivity index (χ0v) is 22.1. The summed E-state index contributed by atoms with van der Waals surface area (Å²) in [4.78, 5) is 18.4. The summed E-state index contributed by atoms with van der Waals surface area (Å²) in [6.45, 7) is 5.66. The Labute approximate surface area is 219 Å². The maximum absolute atomic E-state index is 13.6. The molecule has 0 bridgehead atoms. The molecular weight excluding hydrogens is 466 g/mol. The van der Waals surface area contributed by atoms with Crippen LogP contribution in [0.4, 0.5) is 5.69 Å². The van der Waals surface area contributed by atoms with E-state index in [1.165, 1.54) is 32.1 Å². The van der Waals surface area contributed by atoms with Crippen LogP contribution in [0.1, 0.15) is 48.2 Å². The molecule has 1 aliphatic carbocycles. The van der Waals surface area contributed by atoms with Gasteiger partial charge in [0.25, 0.3) is 5.91 Å². The van der Waals surface area contributed by atoms with Crippen LogP contribution in [-0.2, 0) is 17.8 Å². The second-order valence-corrected chi connectivity index (χ2v) is 10.2. The lowest BCUT2D eigenvalue weighted by molar-refractivity contribution is 0.0361. The first kappa shape index (κ1) is 25.7. The van der Waals surface area contributed by atoms with Gasteiger partial charge in [0, 0.05) is 43.3 Å². The molecule has 1 saturated heterocycles. The summed E-state index contributed by atoms with van der Waals surface area (Å²) < 4.78 is 13.1. The highest BCUT2D eigenvalue weighted by atomic mass is 16.5. The van der Waals surface area contributed by atoms with Crippen LogP contribution < -0.4 is 10.1 Å². The summed E-state index contributed by atoms with van der Waals surface area (Å²) in [7, 11) is 3.86. The zero-order chi connectivity index (χ0) is 25.6.